The summed E-state index contributed by atoms with van der Waals surface area (Å²) in [7, 11) is 1.29. The van der Waals surface area contributed by atoms with Crippen molar-refractivity contribution in [3.8, 4) is 0 Å². The first-order valence-electron chi connectivity index (χ1n) is 6.81. The molecule has 0 atom stereocenters. The summed E-state index contributed by atoms with van der Waals surface area (Å²) in [6, 6.07) is 14.6. The quantitative estimate of drug-likeness (QED) is 0.797. The Morgan fingerprint density at radius 1 is 1.05 bits per heavy atom. The number of hydrogen-bond donors (Lipinski definition) is 0. The Hall–Kier alpha value is -2.69. The highest BCUT2D eigenvalue weighted by atomic mass is 19.1. The minimum atomic E-state index is -0.591. The molecule has 0 bridgehead atoms. The Balaban J connectivity index is 2.30. The van der Waals surface area contributed by atoms with E-state index in [0.29, 0.717) is 5.69 Å². The Bertz CT molecular complexity index is 658. The van der Waals surface area contributed by atoms with Gasteiger partial charge in [0.15, 0.2) is 0 Å². The van der Waals surface area contributed by atoms with Crippen molar-refractivity contribution >= 4 is 17.6 Å². The number of hydrogen-bond acceptors (Lipinski definition) is 3. The highest BCUT2D eigenvalue weighted by Crippen LogP contribution is 2.19. The van der Waals surface area contributed by atoms with Crippen molar-refractivity contribution in [3.05, 3.63) is 66.0 Å². The Kier molecular flexibility index (Phi) is 5.25. The fourth-order valence-corrected chi connectivity index (χ4v) is 2.04. The predicted molar refractivity (Wildman–Crippen MR) is 81.2 cm³/mol. The minimum Gasteiger partial charge on any atom is -0.469 e. The van der Waals surface area contributed by atoms with Crippen LogP contribution in [0.15, 0.2) is 54.6 Å². The van der Waals surface area contributed by atoms with Gasteiger partial charge in [0.25, 0.3) is 5.91 Å². The Morgan fingerprint density at radius 3 is 2.32 bits per heavy atom. The van der Waals surface area contributed by atoms with Crippen LogP contribution in [-0.4, -0.2) is 25.5 Å². The van der Waals surface area contributed by atoms with Crippen molar-refractivity contribution in [2.45, 2.75) is 6.42 Å². The number of anilines is 1. The van der Waals surface area contributed by atoms with E-state index in [1.165, 1.54) is 30.2 Å². The van der Waals surface area contributed by atoms with Crippen molar-refractivity contribution in [2.24, 2.45) is 0 Å². The number of esters is 1. The van der Waals surface area contributed by atoms with Gasteiger partial charge in [-0.1, -0.05) is 30.3 Å². The molecule has 1 amide bonds. The molecule has 0 aromatic heterocycles. The summed E-state index contributed by atoms with van der Waals surface area (Å²) in [6.07, 6.45) is 0.0333. The lowest BCUT2D eigenvalue weighted by Crippen LogP contribution is -2.33. The molecule has 0 spiro atoms. The largest absolute Gasteiger partial charge is 0.469 e. The van der Waals surface area contributed by atoms with Gasteiger partial charge in [-0.25, -0.2) is 4.39 Å². The number of para-hydroxylation sites is 1. The molecule has 0 aliphatic heterocycles. The van der Waals surface area contributed by atoms with Gasteiger partial charge in [-0.15, -0.1) is 0 Å². The van der Waals surface area contributed by atoms with Crippen LogP contribution in [0.2, 0.25) is 0 Å². The van der Waals surface area contributed by atoms with Crippen LogP contribution in [0, 0.1) is 5.82 Å². The third-order valence-electron chi connectivity index (χ3n) is 3.18. The van der Waals surface area contributed by atoms with Crippen LogP contribution in [0.5, 0.6) is 0 Å². The molecule has 2 rings (SSSR count). The highest BCUT2D eigenvalue weighted by Gasteiger charge is 2.21. The average Bonchev–Trinajstić information content (AvgIpc) is 2.56. The number of carbonyl (C=O) groups excluding carboxylic acids is 2. The summed E-state index contributed by atoms with van der Waals surface area (Å²) < 4.78 is 18.4. The number of amides is 1. The van der Waals surface area contributed by atoms with Crippen molar-refractivity contribution in [3.63, 3.8) is 0 Å². The van der Waals surface area contributed by atoms with Crippen LogP contribution < -0.4 is 4.90 Å². The van der Waals surface area contributed by atoms with E-state index in [2.05, 4.69) is 4.74 Å². The van der Waals surface area contributed by atoms with Gasteiger partial charge in [-0.05, 0) is 24.3 Å². The maximum atomic E-state index is 13.8. The van der Waals surface area contributed by atoms with Crippen LogP contribution in [-0.2, 0) is 9.53 Å². The molecule has 0 saturated heterocycles. The number of methoxy groups -OCH3 is 1. The minimum absolute atomic E-state index is 0.0313. The van der Waals surface area contributed by atoms with Gasteiger partial charge in [0.2, 0.25) is 0 Å². The second-order valence-electron chi connectivity index (χ2n) is 4.60. The topological polar surface area (TPSA) is 46.6 Å². The van der Waals surface area contributed by atoms with Crippen LogP contribution in [0.4, 0.5) is 10.1 Å². The molecule has 0 fully saturated rings. The SMILES string of the molecule is COC(=O)CCN(C(=O)c1ccccc1F)c1ccccc1. The molecule has 4 nitrogen and oxygen atoms in total. The monoisotopic (exact) mass is 301 g/mol. The zero-order chi connectivity index (χ0) is 15.9. The molecule has 5 heteroatoms. The number of benzene rings is 2. The van der Waals surface area contributed by atoms with Gasteiger partial charge in [0, 0.05) is 12.2 Å². The molecule has 0 heterocycles. The fraction of sp³-hybridized carbons (Fsp3) is 0.176. The number of carbonyl (C=O) groups is 2. The normalized spacial score (nSPS) is 10.1. The Morgan fingerprint density at radius 2 is 1.68 bits per heavy atom. The molecular weight excluding hydrogens is 285 g/mol. The zero-order valence-electron chi connectivity index (χ0n) is 12.2. The number of rotatable bonds is 5. The molecule has 114 valence electrons. The summed E-state index contributed by atoms with van der Waals surface area (Å²) in [4.78, 5) is 25.3. The average molecular weight is 301 g/mol. The third kappa shape index (κ3) is 3.69. The lowest BCUT2D eigenvalue weighted by molar-refractivity contribution is -0.140. The van der Waals surface area contributed by atoms with Crippen LogP contribution >= 0.6 is 0 Å². The van der Waals surface area contributed by atoms with Crippen molar-refractivity contribution in [2.75, 3.05) is 18.6 Å². The molecule has 2 aromatic carbocycles. The van der Waals surface area contributed by atoms with Gasteiger partial charge >= 0.3 is 5.97 Å². The van der Waals surface area contributed by atoms with E-state index < -0.39 is 17.7 Å². The molecule has 2 aromatic rings. The van der Waals surface area contributed by atoms with Gasteiger partial charge in [-0.3, -0.25) is 9.59 Å². The van der Waals surface area contributed by atoms with E-state index in [1.54, 1.807) is 30.3 Å². The van der Waals surface area contributed by atoms with E-state index in [4.69, 9.17) is 0 Å². The van der Waals surface area contributed by atoms with Gasteiger partial charge < -0.3 is 9.64 Å². The molecule has 0 radical (unpaired) electrons. The van der Waals surface area contributed by atoms with Crippen molar-refractivity contribution in [1.29, 1.82) is 0 Å². The highest BCUT2D eigenvalue weighted by molar-refractivity contribution is 6.06. The fourth-order valence-electron chi connectivity index (χ4n) is 2.04. The maximum absolute atomic E-state index is 13.8. The molecule has 0 N–H and O–H groups in total. The van der Waals surface area contributed by atoms with Crippen molar-refractivity contribution in [1.82, 2.24) is 0 Å². The molecule has 0 aliphatic rings. The summed E-state index contributed by atoms with van der Waals surface area (Å²) in [5.41, 5.74) is 0.566. The first-order chi connectivity index (χ1) is 10.6. The molecule has 0 saturated carbocycles. The van der Waals surface area contributed by atoms with E-state index in [9.17, 15) is 14.0 Å². The van der Waals surface area contributed by atoms with Crippen LogP contribution in [0.3, 0.4) is 0 Å². The van der Waals surface area contributed by atoms with Gasteiger partial charge in [0.05, 0.1) is 19.1 Å². The number of nitrogens with zero attached hydrogens (tertiary/aromatic N) is 1. The second-order valence-corrected chi connectivity index (χ2v) is 4.60. The lowest BCUT2D eigenvalue weighted by atomic mass is 10.1. The lowest BCUT2D eigenvalue weighted by Gasteiger charge is -2.22. The molecule has 0 unspecified atom stereocenters. The standard InChI is InChI=1S/C17H16FNO3/c1-22-16(20)11-12-19(13-7-3-2-4-8-13)17(21)14-9-5-6-10-15(14)18/h2-10H,11-12H2,1H3. The number of ether oxygens (including phenoxy) is 1. The van der Waals surface area contributed by atoms with E-state index in [1.807, 2.05) is 6.07 Å². The zero-order valence-corrected chi connectivity index (χ0v) is 12.2. The van der Waals surface area contributed by atoms with E-state index in [-0.39, 0.29) is 18.5 Å². The smallest absolute Gasteiger partial charge is 0.307 e. The van der Waals surface area contributed by atoms with Gasteiger partial charge in [-0.2, -0.15) is 0 Å². The summed E-state index contributed by atoms with van der Waals surface area (Å²) in [6.45, 7) is 0.115. The number of halogens is 1. The predicted octanol–water partition coefficient (Wildman–Crippen LogP) is 3.04. The summed E-state index contributed by atoms with van der Waals surface area (Å²) in [5, 5.41) is 0. The molecular formula is C17H16FNO3. The van der Waals surface area contributed by atoms with E-state index in [0.717, 1.165) is 0 Å². The van der Waals surface area contributed by atoms with Crippen molar-refractivity contribution < 1.29 is 18.7 Å². The third-order valence-corrected chi connectivity index (χ3v) is 3.18. The summed E-state index contributed by atoms with van der Waals surface area (Å²) in [5.74, 6) is -1.51. The van der Waals surface area contributed by atoms with Gasteiger partial charge in [0.1, 0.15) is 5.82 Å². The van der Waals surface area contributed by atoms with Crippen LogP contribution in [0.1, 0.15) is 16.8 Å². The Labute approximate surface area is 128 Å². The second kappa shape index (κ2) is 7.36. The first kappa shape index (κ1) is 15.7. The summed E-state index contributed by atoms with van der Waals surface area (Å²) >= 11 is 0. The van der Waals surface area contributed by atoms with E-state index >= 15 is 0 Å². The molecule has 22 heavy (non-hydrogen) atoms. The molecule has 0 aliphatic carbocycles. The maximum Gasteiger partial charge on any atom is 0.307 e. The van der Waals surface area contributed by atoms with Crippen LogP contribution in [0.25, 0.3) is 0 Å². The first-order valence-corrected chi connectivity index (χ1v) is 6.81.